The van der Waals surface area contributed by atoms with Crippen LogP contribution in [-0.2, 0) is 4.79 Å². The van der Waals surface area contributed by atoms with Crippen molar-refractivity contribution in [3.63, 3.8) is 0 Å². The summed E-state index contributed by atoms with van der Waals surface area (Å²) < 4.78 is 13.5. The summed E-state index contributed by atoms with van der Waals surface area (Å²) in [5, 5.41) is 8.49. The molecule has 1 atom stereocenters. The quantitative estimate of drug-likeness (QED) is 0.821. The average molecular weight is 249 g/mol. The minimum atomic E-state index is -1.42. The lowest BCUT2D eigenvalue weighted by atomic mass is 10.2. The second-order valence-electron chi connectivity index (χ2n) is 2.34. The van der Waals surface area contributed by atoms with Crippen LogP contribution in [0.5, 0.6) is 0 Å². The molecule has 0 aliphatic heterocycles. The Kier molecular flexibility index (Phi) is 2.94. The van der Waals surface area contributed by atoms with Crippen LogP contribution < -0.4 is 5.73 Å². The molecule has 0 saturated heterocycles. The molecule has 70 valence electrons. The number of nitrogens with two attached hydrogens (primary N) is 1. The smallest absolute Gasteiger partial charge is 0.326 e. The first-order valence-corrected chi connectivity index (χ1v) is 4.11. The molecule has 1 rings (SSSR count). The molecule has 0 amide bonds. The Morgan fingerprint density at radius 3 is 2.85 bits per heavy atom. The molecule has 0 aliphatic carbocycles. The molecule has 0 bridgehead atoms. The molecule has 0 aromatic carbocycles. The van der Waals surface area contributed by atoms with Gasteiger partial charge in [0.25, 0.3) is 0 Å². The third kappa shape index (κ3) is 2.22. The Labute approximate surface area is 81.7 Å². The van der Waals surface area contributed by atoms with Crippen LogP contribution in [0.4, 0.5) is 4.39 Å². The van der Waals surface area contributed by atoms with Crippen LogP contribution >= 0.6 is 15.9 Å². The van der Waals surface area contributed by atoms with Crippen LogP contribution in [0.25, 0.3) is 0 Å². The summed E-state index contributed by atoms with van der Waals surface area (Å²) in [6.07, 6.45) is 1.29. The summed E-state index contributed by atoms with van der Waals surface area (Å²) in [7, 11) is 0. The summed E-state index contributed by atoms with van der Waals surface area (Å²) in [5.41, 5.74) is 4.90. The maximum atomic E-state index is 13.0. The zero-order valence-corrected chi connectivity index (χ0v) is 7.95. The normalized spacial score (nSPS) is 12.5. The minimum absolute atomic E-state index is 0.268. The first-order valence-electron chi connectivity index (χ1n) is 3.31. The second-order valence-corrected chi connectivity index (χ2v) is 3.25. The van der Waals surface area contributed by atoms with E-state index in [-0.39, 0.29) is 5.69 Å². The maximum absolute atomic E-state index is 13.0. The van der Waals surface area contributed by atoms with Crippen LogP contribution in [0.1, 0.15) is 11.7 Å². The van der Waals surface area contributed by atoms with Gasteiger partial charge in [0, 0.05) is 10.7 Å². The molecule has 0 unspecified atom stereocenters. The molecule has 4 nitrogen and oxygen atoms in total. The zero-order chi connectivity index (χ0) is 10.0. The number of nitrogens with zero attached hydrogens (tertiary/aromatic N) is 1. The van der Waals surface area contributed by atoms with Gasteiger partial charge in [-0.1, -0.05) is 0 Å². The zero-order valence-electron chi connectivity index (χ0n) is 6.37. The van der Waals surface area contributed by atoms with Gasteiger partial charge >= 0.3 is 5.97 Å². The van der Waals surface area contributed by atoms with Gasteiger partial charge in [0.2, 0.25) is 0 Å². The van der Waals surface area contributed by atoms with Crippen LogP contribution in [0.2, 0.25) is 0 Å². The SMILES string of the molecule is N[C@@H](C(=O)O)c1ncc(Br)cc1F. The number of carboxylic acids is 1. The van der Waals surface area contributed by atoms with Crippen LogP contribution in [0.3, 0.4) is 0 Å². The first kappa shape index (κ1) is 10.1. The standard InChI is InChI=1S/C7H6BrFN2O2/c8-3-1-4(9)6(11-2-3)5(10)7(12)13/h1-2,5H,10H2,(H,12,13)/t5-/m1/s1. The molecule has 0 spiro atoms. The van der Waals surface area contributed by atoms with Gasteiger partial charge in [-0.2, -0.15) is 0 Å². The summed E-state index contributed by atoms with van der Waals surface area (Å²) >= 11 is 2.99. The molecule has 3 N–H and O–H groups in total. The first-order chi connectivity index (χ1) is 6.02. The van der Waals surface area contributed by atoms with E-state index >= 15 is 0 Å². The monoisotopic (exact) mass is 248 g/mol. The van der Waals surface area contributed by atoms with E-state index in [1.165, 1.54) is 6.20 Å². The van der Waals surface area contributed by atoms with E-state index in [9.17, 15) is 9.18 Å². The van der Waals surface area contributed by atoms with Gasteiger partial charge < -0.3 is 10.8 Å². The molecule has 1 aromatic rings. The van der Waals surface area contributed by atoms with E-state index < -0.39 is 17.8 Å². The van der Waals surface area contributed by atoms with Gasteiger partial charge in [0.1, 0.15) is 17.6 Å². The highest BCUT2D eigenvalue weighted by molar-refractivity contribution is 9.10. The highest BCUT2D eigenvalue weighted by Gasteiger charge is 2.19. The lowest BCUT2D eigenvalue weighted by Crippen LogP contribution is -2.23. The van der Waals surface area contributed by atoms with Crippen LogP contribution in [-0.4, -0.2) is 16.1 Å². The van der Waals surface area contributed by atoms with E-state index in [2.05, 4.69) is 20.9 Å². The Hall–Kier alpha value is -1.01. The van der Waals surface area contributed by atoms with Gasteiger partial charge in [-0.25, -0.2) is 4.39 Å². The number of aromatic nitrogens is 1. The van der Waals surface area contributed by atoms with Gasteiger partial charge in [-0.05, 0) is 22.0 Å². The molecule has 13 heavy (non-hydrogen) atoms. The lowest BCUT2D eigenvalue weighted by molar-refractivity contribution is -0.138. The van der Waals surface area contributed by atoms with Crippen molar-refractivity contribution in [1.82, 2.24) is 4.98 Å². The Morgan fingerprint density at radius 2 is 2.38 bits per heavy atom. The highest BCUT2D eigenvalue weighted by Crippen LogP contribution is 2.16. The lowest BCUT2D eigenvalue weighted by Gasteiger charge is -2.06. The molecule has 0 aliphatic rings. The van der Waals surface area contributed by atoms with Crippen molar-refractivity contribution in [2.24, 2.45) is 5.73 Å². The summed E-state index contributed by atoms with van der Waals surface area (Å²) in [6, 6.07) is -0.307. The van der Waals surface area contributed by atoms with Gasteiger partial charge in [0.15, 0.2) is 0 Å². The molecule has 1 heterocycles. The van der Waals surface area contributed by atoms with Crippen molar-refractivity contribution in [2.75, 3.05) is 0 Å². The molecule has 0 fully saturated rings. The summed E-state index contributed by atoms with van der Waals surface area (Å²) in [4.78, 5) is 14.0. The van der Waals surface area contributed by atoms with Gasteiger partial charge in [-0.3, -0.25) is 9.78 Å². The number of halogens is 2. The molecule has 6 heteroatoms. The summed E-state index contributed by atoms with van der Waals surface area (Å²) in [5.74, 6) is -2.04. The van der Waals surface area contributed by atoms with Gasteiger partial charge in [-0.15, -0.1) is 0 Å². The highest BCUT2D eigenvalue weighted by atomic mass is 79.9. The third-order valence-electron chi connectivity index (χ3n) is 1.40. The van der Waals surface area contributed by atoms with E-state index in [1.807, 2.05) is 0 Å². The number of rotatable bonds is 2. The third-order valence-corrected chi connectivity index (χ3v) is 1.83. The number of hydrogen-bond donors (Lipinski definition) is 2. The van der Waals surface area contributed by atoms with Crippen LogP contribution in [0.15, 0.2) is 16.7 Å². The molecule has 0 radical (unpaired) electrons. The molecule has 1 aromatic heterocycles. The second kappa shape index (κ2) is 3.80. The fraction of sp³-hybridized carbons (Fsp3) is 0.143. The van der Waals surface area contributed by atoms with Crippen molar-refractivity contribution < 1.29 is 14.3 Å². The number of aliphatic carboxylic acids is 1. The van der Waals surface area contributed by atoms with Crippen molar-refractivity contribution in [3.05, 3.63) is 28.2 Å². The van der Waals surface area contributed by atoms with E-state index in [4.69, 9.17) is 10.8 Å². The van der Waals surface area contributed by atoms with Gasteiger partial charge in [0.05, 0.1) is 0 Å². The predicted molar refractivity (Wildman–Crippen MR) is 46.5 cm³/mol. The summed E-state index contributed by atoms with van der Waals surface area (Å²) in [6.45, 7) is 0. The van der Waals surface area contributed by atoms with Crippen molar-refractivity contribution in [1.29, 1.82) is 0 Å². The fourth-order valence-electron chi connectivity index (χ4n) is 0.771. The molecular weight excluding hydrogens is 243 g/mol. The van der Waals surface area contributed by atoms with Crippen molar-refractivity contribution >= 4 is 21.9 Å². The van der Waals surface area contributed by atoms with E-state index in [0.717, 1.165) is 6.07 Å². The van der Waals surface area contributed by atoms with Crippen LogP contribution in [0, 0.1) is 5.82 Å². The topological polar surface area (TPSA) is 76.2 Å². The Balaban J connectivity index is 3.08. The van der Waals surface area contributed by atoms with Crippen molar-refractivity contribution in [2.45, 2.75) is 6.04 Å². The maximum Gasteiger partial charge on any atom is 0.326 e. The van der Waals surface area contributed by atoms with Crippen molar-refractivity contribution in [3.8, 4) is 0 Å². The largest absolute Gasteiger partial charge is 0.480 e. The number of hydrogen-bond acceptors (Lipinski definition) is 3. The number of carbonyl (C=O) groups is 1. The van der Waals surface area contributed by atoms with E-state index in [0.29, 0.717) is 4.47 Å². The Bertz CT molecular complexity index is 345. The number of carboxylic acid groups (broad SMARTS) is 1. The van der Waals surface area contributed by atoms with E-state index in [1.54, 1.807) is 0 Å². The minimum Gasteiger partial charge on any atom is -0.480 e. The fourth-order valence-corrected chi connectivity index (χ4v) is 1.07. The molecular formula is C7H6BrFN2O2. The number of pyridine rings is 1. The Morgan fingerprint density at radius 1 is 1.77 bits per heavy atom. The molecule has 0 saturated carbocycles. The predicted octanol–water partition coefficient (Wildman–Crippen LogP) is 1.07. The average Bonchev–Trinajstić information content (AvgIpc) is 2.03.